The summed E-state index contributed by atoms with van der Waals surface area (Å²) in [5.41, 5.74) is 0.837. The number of carboxylic acid groups (broad SMARTS) is 1. The molecule has 1 unspecified atom stereocenters. The minimum absolute atomic E-state index is 0.000946. The van der Waals surface area contributed by atoms with Crippen LogP contribution >= 0.6 is 0 Å². The molecular weight excluding hydrogens is 261 g/mol. The van der Waals surface area contributed by atoms with Crippen LogP contribution in [0.15, 0.2) is 18.2 Å². The van der Waals surface area contributed by atoms with Gasteiger partial charge in [-0.2, -0.15) is 0 Å². The van der Waals surface area contributed by atoms with Gasteiger partial charge in [0.05, 0.1) is 0 Å². The quantitative estimate of drug-likeness (QED) is 0.769. The maximum absolute atomic E-state index is 13.9. The van der Waals surface area contributed by atoms with Crippen LogP contribution in [0.25, 0.3) is 0 Å². The third-order valence-electron chi connectivity index (χ3n) is 3.26. The van der Waals surface area contributed by atoms with Crippen molar-refractivity contribution in [1.29, 1.82) is 0 Å². The molecule has 1 aromatic rings. The van der Waals surface area contributed by atoms with Gasteiger partial charge in [-0.05, 0) is 37.0 Å². The first kappa shape index (κ1) is 14.8. The highest BCUT2D eigenvalue weighted by Crippen LogP contribution is 2.23. The van der Waals surface area contributed by atoms with Gasteiger partial charge in [-0.1, -0.05) is 19.4 Å². The monoisotopic (exact) mass is 281 g/mol. The highest BCUT2D eigenvalue weighted by Gasteiger charge is 2.21. The summed E-state index contributed by atoms with van der Waals surface area (Å²) < 4.78 is 19.2. The Kier molecular flexibility index (Phi) is 4.95. The minimum atomic E-state index is -1.06. The van der Waals surface area contributed by atoms with Gasteiger partial charge in [-0.3, -0.25) is 0 Å². The number of rotatable bonds is 8. The number of aliphatic carboxylic acids is 1. The Morgan fingerprint density at radius 2 is 2.30 bits per heavy atom. The summed E-state index contributed by atoms with van der Waals surface area (Å²) in [5.74, 6) is -1.57. The standard InChI is InChI=1S/C15H20FNO3/c1-2-3-14(15(18)19)20-13-7-4-10(8-12(13)16)9-17-11-5-6-11/h4,7-8,11,14,17H,2-3,5-6,9H2,1H3,(H,18,19). The third kappa shape index (κ3) is 4.20. The van der Waals surface area contributed by atoms with E-state index in [-0.39, 0.29) is 5.75 Å². The van der Waals surface area contributed by atoms with Crippen molar-refractivity contribution in [3.05, 3.63) is 29.6 Å². The number of hydrogen-bond donors (Lipinski definition) is 2. The van der Waals surface area contributed by atoms with Crippen molar-refractivity contribution in [3.8, 4) is 5.75 Å². The van der Waals surface area contributed by atoms with Crippen LogP contribution in [-0.4, -0.2) is 23.2 Å². The summed E-state index contributed by atoms with van der Waals surface area (Å²) in [6, 6.07) is 5.23. The van der Waals surface area contributed by atoms with E-state index in [2.05, 4.69) is 5.32 Å². The average molecular weight is 281 g/mol. The van der Waals surface area contributed by atoms with Gasteiger partial charge in [-0.25, -0.2) is 9.18 Å². The Labute approximate surface area is 117 Å². The van der Waals surface area contributed by atoms with Crippen LogP contribution in [-0.2, 0) is 11.3 Å². The fraction of sp³-hybridized carbons (Fsp3) is 0.533. The summed E-state index contributed by atoms with van der Waals surface area (Å²) >= 11 is 0. The molecule has 0 aliphatic heterocycles. The molecule has 0 spiro atoms. The lowest BCUT2D eigenvalue weighted by Crippen LogP contribution is -2.27. The lowest BCUT2D eigenvalue weighted by Gasteiger charge is -2.15. The van der Waals surface area contributed by atoms with Crippen LogP contribution in [0, 0.1) is 5.82 Å². The maximum atomic E-state index is 13.9. The molecule has 0 bridgehead atoms. The summed E-state index contributed by atoms with van der Waals surface area (Å²) in [6.07, 6.45) is 2.40. The van der Waals surface area contributed by atoms with Gasteiger partial charge in [0.1, 0.15) is 0 Å². The molecule has 1 aromatic carbocycles. The minimum Gasteiger partial charge on any atom is -0.479 e. The SMILES string of the molecule is CCCC(Oc1ccc(CNC2CC2)cc1F)C(=O)O. The number of ether oxygens (including phenoxy) is 1. The number of benzene rings is 1. The van der Waals surface area contributed by atoms with E-state index in [0.29, 0.717) is 25.4 Å². The lowest BCUT2D eigenvalue weighted by molar-refractivity contribution is -0.145. The van der Waals surface area contributed by atoms with Crippen molar-refractivity contribution >= 4 is 5.97 Å². The predicted molar refractivity (Wildman–Crippen MR) is 73.2 cm³/mol. The van der Waals surface area contributed by atoms with E-state index >= 15 is 0 Å². The zero-order valence-electron chi connectivity index (χ0n) is 11.6. The highest BCUT2D eigenvalue weighted by atomic mass is 19.1. The molecule has 0 saturated heterocycles. The van der Waals surface area contributed by atoms with Crippen LogP contribution in [0.3, 0.4) is 0 Å². The van der Waals surface area contributed by atoms with E-state index in [0.717, 1.165) is 5.56 Å². The van der Waals surface area contributed by atoms with Gasteiger partial charge in [0.25, 0.3) is 0 Å². The van der Waals surface area contributed by atoms with Crippen molar-refractivity contribution in [2.75, 3.05) is 0 Å². The highest BCUT2D eigenvalue weighted by molar-refractivity contribution is 5.72. The Balaban J connectivity index is 1.98. The number of nitrogens with one attached hydrogen (secondary N) is 1. The molecule has 20 heavy (non-hydrogen) atoms. The second-order valence-electron chi connectivity index (χ2n) is 5.15. The third-order valence-corrected chi connectivity index (χ3v) is 3.26. The molecule has 1 atom stereocenters. The molecule has 1 aliphatic rings. The summed E-state index contributed by atoms with van der Waals surface area (Å²) in [5, 5.41) is 12.3. The van der Waals surface area contributed by atoms with Crippen LogP contribution < -0.4 is 10.1 Å². The van der Waals surface area contributed by atoms with Crippen LogP contribution in [0.4, 0.5) is 4.39 Å². The van der Waals surface area contributed by atoms with E-state index in [9.17, 15) is 9.18 Å². The van der Waals surface area contributed by atoms with Gasteiger partial charge in [0.2, 0.25) is 0 Å². The maximum Gasteiger partial charge on any atom is 0.344 e. The van der Waals surface area contributed by atoms with Crippen molar-refractivity contribution < 1.29 is 19.0 Å². The molecule has 1 saturated carbocycles. The molecule has 110 valence electrons. The Morgan fingerprint density at radius 3 is 2.85 bits per heavy atom. The van der Waals surface area contributed by atoms with E-state index in [1.807, 2.05) is 6.92 Å². The van der Waals surface area contributed by atoms with E-state index in [4.69, 9.17) is 9.84 Å². The van der Waals surface area contributed by atoms with Crippen molar-refractivity contribution in [2.45, 2.75) is 51.3 Å². The Hall–Kier alpha value is -1.62. The largest absolute Gasteiger partial charge is 0.479 e. The molecular formula is C15H20FNO3. The molecule has 0 radical (unpaired) electrons. The topological polar surface area (TPSA) is 58.6 Å². The number of carboxylic acids is 1. The van der Waals surface area contributed by atoms with E-state index in [1.54, 1.807) is 6.07 Å². The molecule has 1 aliphatic carbocycles. The first-order valence-corrected chi connectivity index (χ1v) is 7.01. The summed E-state index contributed by atoms with van der Waals surface area (Å²) in [6.45, 7) is 2.49. The van der Waals surface area contributed by atoms with Crippen LogP contribution in [0.5, 0.6) is 5.75 Å². The molecule has 0 amide bonds. The number of carbonyl (C=O) groups is 1. The van der Waals surface area contributed by atoms with Gasteiger partial charge in [0.15, 0.2) is 17.7 Å². The van der Waals surface area contributed by atoms with E-state index < -0.39 is 17.9 Å². The predicted octanol–water partition coefficient (Wildman–Crippen LogP) is 2.71. The summed E-state index contributed by atoms with van der Waals surface area (Å²) in [4.78, 5) is 11.0. The normalized spacial score (nSPS) is 15.9. The second-order valence-corrected chi connectivity index (χ2v) is 5.15. The van der Waals surface area contributed by atoms with E-state index in [1.165, 1.54) is 25.0 Å². The Bertz CT molecular complexity index is 474. The van der Waals surface area contributed by atoms with Crippen molar-refractivity contribution in [1.82, 2.24) is 5.32 Å². The fourth-order valence-corrected chi connectivity index (χ4v) is 1.95. The van der Waals surface area contributed by atoms with Crippen molar-refractivity contribution in [3.63, 3.8) is 0 Å². The van der Waals surface area contributed by atoms with Crippen LogP contribution in [0.2, 0.25) is 0 Å². The molecule has 1 fully saturated rings. The van der Waals surface area contributed by atoms with Crippen LogP contribution in [0.1, 0.15) is 38.2 Å². The molecule has 2 N–H and O–H groups in total. The van der Waals surface area contributed by atoms with Gasteiger partial charge < -0.3 is 15.2 Å². The summed E-state index contributed by atoms with van der Waals surface area (Å²) in [7, 11) is 0. The molecule has 0 aromatic heterocycles. The molecule has 0 heterocycles. The van der Waals surface area contributed by atoms with Gasteiger partial charge in [0, 0.05) is 12.6 Å². The average Bonchev–Trinajstić information content (AvgIpc) is 3.22. The van der Waals surface area contributed by atoms with Gasteiger partial charge in [-0.15, -0.1) is 0 Å². The first-order chi connectivity index (χ1) is 9.60. The smallest absolute Gasteiger partial charge is 0.344 e. The molecule has 4 nitrogen and oxygen atoms in total. The number of hydrogen-bond acceptors (Lipinski definition) is 3. The number of halogens is 1. The zero-order chi connectivity index (χ0) is 14.5. The molecule has 2 rings (SSSR count). The Morgan fingerprint density at radius 1 is 1.55 bits per heavy atom. The zero-order valence-corrected chi connectivity index (χ0v) is 11.6. The molecule has 5 heteroatoms. The second kappa shape index (κ2) is 6.70. The van der Waals surface area contributed by atoms with Crippen molar-refractivity contribution in [2.24, 2.45) is 0 Å². The first-order valence-electron chi connectivity index (χ1n) is 7.01. The fourth-order valence-electron chi connectivity index (χ4n) is 1.95. The lowest BCUT2D eigenvalue weighted by atomic mass is 10.2. The van der Waals surface area contributed by atoms with Gasteiger partial charge >= 0.3 is 5.97 Å².